The van der Waals surface area contributed by atoms with E-state index in [1.807, 2.05) is 40.6 Å². The summed E-state index contributed by atoms with van der Waals surface area (Å²) < 4.78 is 1.01. The fourth-order valence-electron chi connectivity index (χ4n) is 3.12. The maximum atomic E-state index is 12.4. The molecule has 1 fully saturated rings. The number of hydrogen-bond acceptors (Lipinski definition) is 6. The Morgan fingerprint density at radius 1 is 1.11 bits per heavy atom. The predicted molar refractivity (Wildman–Crippen MR) is 112 cm³/mol. The van der Waals surface area contributed by atoms with Crippen LogP contribution in [0.4, 0.5) is 0 Å². The molecular formula is C20H20N4O2S2. The molecule has 0 atom stereocenters. The largest absolute Gasteiger partial charge is 0.351 e. The SMILES string of the molecule is O=C(CSc1ncnc2ccsc12)NCc1ccc(C(=O)N2CCCC2)cc1. The van der Waals surface area contributed by atoms with Crippen molar-refractivity contribution in [2.24, 2.45) is 0 Å². The van der Waals surface area contributed by atoms with Gasteiger partial charge in [0.2, 0.25) is 5.91 Å². The van der Waals surface area contributed by atoms with Crippen LogP contribution in [0.15, 0.2) is 47.1 Å². The van der Waals surface area contributed by atoms with Crippen LogP contribution in [-0.4, -0.2) is 45.5 Å². The van der Waals surface area contributed by atoms with Crippen LogP contribution in [0.25, 0.3) is 10.2 Å². The number of amides is 2. The van der Waals surface area contributed by atoms with Crippen molar-refractivity contribution in [3.8, 4) is 0 Å². The molecule has 0 aliphatic carbocycles. The Labute approximate surface area is 171 Å². The number of likely N-dealkylation sites (tertiary alicyclic amines) is 1. The van der Waals surface area contributed by atoms with Crippen molar-refractivity contribution in [2.45, 2.75) is 24.4 Å². The Hall–Kier alpha value is -2.45. The second-order valence-corrected chi connectivity index (χ2v) is 8.46. The van der Waals surface area contributed by atoms with Crippen molar-refractivity contribution < 1.29 is 9.59 Å². The molecule has 8 heteroatoms. The first-order valence-electron chi connectivity index (χ1n) is 9.16. The molecule has 2 amide bonds. The summed E-state index contributed by atoms with van der Waals surface area (Å²) >= 11 is 3.00. The Bertz CT molecular complexity index is 981. The molecule has 1 aliphatic rings. The standard InChI is InChI=1S/C20H20N4O2S2/c25-17(12-28-19-18-16(7-10-27-18)22-13-23-19)21-11-14-3-5-15(6-4-14)20(26)24-8-1-2-9-24/h3-7,10,13H,1-2,8-9,11-12H2,(H,21,25). The van der Waals surface area contributed by atoms with Crippen molar-refractivity contribution in [1.29, 1.82) is 0 Å². The molecule has 3 heterocycles. The first kappa shape index (κ1) is 18.9. The number of thiophene rings is 1. The summed E-state index contributed by atoms with van der Waals surface area (Å²) in [5, 5.41) is 5.73. The van der Waals surface area contributed by atoms with Crippen LogP contribution in [0.1, 0.15) is 28.8 Å². The summed E-state index contributed by atoms with van der Waals surface area (Å²) in [5.74, 6) is 0.343. The molecule has 1 saturated heterocycles. The number of nitrogens with zero attached hydrogens (tertiary/aromatic N) is 3. The number of hydrogen-bond donors (Lipinski definition) is 1. The highest BCUT2D eigenvalue weighted by atomic mass is 32.2. The van der Waals surface area contributed by atoms with Gasteiger partial charge in [-0.3, -0.25) is 9.59 Å². The van der Waals surface area contributed by atoms with Crippen LogP contribution in [0, 0.1) is 0 Å². The van der Waals surface area contributed by atoms with E-state index in [1.165, 1.54) is 18.1 Å². The maximum Gasteiger partial charge on any atom is 0.253 e. The molecule has 0 spiro atoms. The molecule has 0 bridgehead atoms. The molecule has 1 aromatic carbocycles. The summed E-state index contributed by atoms with van der Waals surface area (Å²) in [5.41, 5.74) is 2.58. The third kappa shape index (κ3) is 4.34. The average Bonchev–Trinajstić information content (AvgIpc) is 3.42. The number of carbonyl (C=O) groups excluding carboxylic acids is 2. The van der Waals surface area contributed by atoms with Crippen LogP contribution in [0.3, 0.4) is 0 Å². The Morgan fingerprint density at radius 3 is 2.68 bits per heavy atom. The highest BCUT2D eigenvalue weighted by Gasteiger charge is 2.19. The average molecular weight is 413 g/mol. The molecular weight excluding hydrogens is 392 g/mol. The fraction of sp³-hybridized carbons (Fsp3) is 0.300. The number of rotatable bonds is 6. The lowest BCUT2D eigenvalue weighted by Crippen LogP contribution is -2.27. The lowest BCUT2D eigenvalue weighted by atomic mass is 10.1. The van der Waals surface area contributed by atoms with Gasteiger partial charge in [-0.05, 0) is 42.0 Å². The van der Waals surface area contributed by atoms with Gasteiger partial charge in [0, 0.05) is 25.2 Å². The minimum Gasteiger partial charge on any atom is -0.351 e. The maximum absolute atomic E-state index is 12.4. The zero-order valence-electron chi connectivity index (χ0n) is 15.3. The van der Waals surface area contributed by atoms with Gasteiger partial charge in [-0.15, -0.1) is 11.3 Å². The monoisotopic (exact) mass is 412 g/mol. The van der Waals surface area contributed by atoms with E-state index in [0.717, 1.165) is 46.7 Å². The van der Waals surface area contributed by atoms with Crippen LogP contribution >= 0.6 is 23.1 Å². The number of fused-ring (bicyclic) bond motifs is 1. The molecule has 0 saturated carbocycles. The molecule has 28 heavy (non-hydrogen) atoms. The molecule has 144 valence electrons. The Kier molecular flexibility index (Phi) is 5.87. The smallest absolute Gasteiger partial charge is 0.253 e. The van der Waals surface area contributed by atoms with E-state index >= 15 is 0 Å². The summed E-state index contributed by atoms with van der Waals surface area (Å²) in [4.78, 5) is 34.9. The van der Waals surface area contributed by atoms with E-state index in [2.05, 4.69) is 15.3 Å². The highest BCUT2D eigenvalue weighted by Crippen LogP contribution is 2.28. The van der Waals surface area contributed by atoms with Gasteiger partial charge < -0.3 is 10.2 Å². The van der Waals surface area contributed by atoms with Crippen molar-refractivity contribution in [3.63, 3.8) is 0 Å². The number of thioether (sulfide) groups is 1. The number of aromatic nitrogens is 2. The zero-order chi connectivity index (χ0) is 19.3. The van der Waals surface area contributed by atoms with Crippen molar-refractivity contribution in [1.82, 2.24) is 20.2 Å². The van der Waals surface area contributed by atoms with Gasteiger partial charge in [-0.2, -0.15) is 0 Å². The first-order valence-corrected chi connectivity index (χ1v) is 11.0. The molecule has 0 unspecified atom stereocenters. The van der Waals surface area contributed by atoms with Gasteiger partial charge in [0.05, 0.1) is 16.0 Å². The molecule has 3 aromatic rings. The Balaban J connectivity index is 1.27. The van der Waals surface area contributed by atoms with Gasteiger partial charge in [-0.25, -0.2) is 9.97 Å². The van der Waals surface area contributed by atoms with Crippen LogP contribution in [-0.2, 0) is 11.3 Å². The Morgan fingerprint density at radius 2 is 1.89 bits per heavy atom. The quantitative estimate of drug-likeness (QED) is 0.496. The molecule has 2 aromatic heterocycles. The fourth-order valence-corrected chi connectivity index (χ4v) is 4.90. The minimum absolute atomic E-state index is 0.0504. The first-order chi connectivity index (χ1) is 13.7. The lowest BCUT2D eigenvalue weighted by Gasteiger charge is -2.15. The molecule has 0 radical (unpaired) electrons. The van der Waals surface area contributed by atoms with Gasteiger partial charge in [0.25, 0.3) is 5.91 Å². The van der Waals surface area contributed by atoms with Gasteiger partial charge >= 0.3 is 0 Å². The second-order valence-electron chi connectivity index (χ2n) is 6.58. The summed E-state index contributed by atoms with van der Waals surface area (Å²) in [6.45, 7) is 2.13. The summed E-state index contributed by atoms with van der Waals surface area (Å²) in [6, 6.07) is 9.42. The van der Waals surface area contributed by atoms with E-state index in [9.17, 15) is 9.59 Å². The van der Waals surface area contributed by atoms with Gasteiger partial charge in [0.15, 0.2) is 0 Å². The third-order valence-corrected chi connectivity index (χ3v) is 6.66. The zero-order valence-corrected chi connectivity index (χ0v) is 16.9. The lowest BCUT2D eigenvalue weighted by molar-refractivity contribution is -0.118. The summed E-state index contributed by atoms with van der Waals surface area (Å²) in [6.07, 6.45) is 3.70. The normalized spacial score (nSPS) is 13.8. The third-order valence-electron chi connectivity index (χ3n) is 4.63. The van der Waals surface area contributed by atoms with Crippen molar-refractivity contribution >= 4 is 45.1 Å². The molecule has 4 rings (SSSR count). The van der Waals surface area contributed by atoms with E-state index in [4.69, 9.17) is 0 Å². The highest BCUT2D eigenvalue weighted by molar-refractivity contribution is 8.00. The minimum atomic E-state index is -0.0504. The number of benzene rings is 1. The second kappa shape index (κ2) is 8.70. The predicted octanol–water partition coefficient (Wildman–Crippen LogP) is 3.34. The van der Waals surface area contributed by atoms with E-state index in [1.54, 1.807) is 11.3 Å². The van der Waals surface area contributed by atoms with Crippen LogP contribution in [0.2, 0.25) is 0 Å². The number of carbonyl (C=O) groups is 2. The van der Waals surface area contributed by atoms with Crippen LogP contribution < -0.4 is 5.32 Å². The van der Waals surface area contributed by atoms with Crippen LogP contribution in [0.5, 0.6) is 0 Å². The van der Waals surface area contributed by atoms with E-state index < -0.39 is 0 Å². The van der Waals surface area contributed by atoms with E-state index in [0.29, 0.717) is 17.9 Å². The molecule has 1 N–H and O–H groups in total. The molecule has 1 aliphatic heterocycles. The van der Waals surface area contributed by atoms with Gasteiger partial charge in [0.1, 0.15) is 11.4 Å². The van der Waals surface area contributed by atoms with Crippen molar-refractivity contribution in [3.05, 3.63) is 53.2 Å². The summed E-state index contributed by atoms with van der Waals surface area (Å²) in [7, 11) is 0. The van der Waals surface area contributed by atoms with E-state index in [-0.39, 0.29) is 11.8 Å². The number of nitrogens with one attached hydrogen (secondary N) is 1. The van der Waals surface area contributed by atoms with Crippen molar-refractivity contribution in [2.75, 3.05) is 18.8 Å². The topological polar surface area (TPSA) is 75.2 Å². The molecule has 6 nitrogen and oxygen atoms in total. The van der Waals surface area contributed by atoms with Gasteiger partial charge in [-0.1, -0.05) is 23.9 Å².